The first-order valence-electron chi connectivity index (χ1n) is 8.16. The Morgan fingerprint density at radius 2 is 1.75 bits per heavy atom. The van der Waals surface area contributed by atoms with E-state index in [2.05, 4.69) is 4.90 Å². The number of likely N-dealkylation sites (tertiary alicyclic amines) is 2. The SMILES string of the molecule is NC[C@H]1CC[C@@H](C(=O)N2CCC(N3CCCC3)CC2)O1. The summed E-state index contributed by atoms with van der Waals surface area (Å²) in [6.07, 6.45) is 6.56. The number of amides is 1. The van der Waals surface area contributed by atoms with Gasteiger partial charge in [0.15, 0.2) is 0 Å². The van der Waals surface area contributed by atoms with Crippen LogP contribution in [0.2, 0.25) is 0 Å². The minimum Gasteiger partial charge on any atom is -0.364 e. The Morgan fingerprint density at radius 3 is 2.35 bits per heavy atom. The third-order valence-electron chi connectivity index (χ3n) is 5.08. The van der Waals surface area contributed by atoms with Crippen molar-refractivity contribution < 1.29 is 9.53 Å². The molecule has 0 aliphatic carbocycles. The largest absolute Gasteiger partial charge is 0.364 e. The average Bonchev–Trinajstić information content (AvgIpc) is 3.18. The van der Waals surface area contributed by atoms with Gasteiger partial charge in [-0.25, -0.2) is 0 Å². The van der Waals surface area contributed by atoms with Crippen molar-refractivity contribution in [3.8, 4) is 0 Å². The van der Waals surface area contributed by atoms with Gasteiger partial charge < -0.3 is 20.3 Å². The van der Waals surface area contributed by atoms with E-state index >= 15 is 0 Å². The van der Waals surface area contributed by atoms with Crippen LogP contribution in [0.4, 0.5) is 0 Å². The van der Waals surface area contributed by atoms with Crippen LogP contribution in [0.1, 0.15) is 38.5 Å². The van der Waals surface area contributed by atoms with Crippen LogP contribution in [0, 0.1) is 0 Å². The lowest BCUT2D eigenvalue weighted by Gasteiger charge is -2.37. The van der Waals surface area contributed by atoms with Crippen molar-refractivity contribution in [2.75, 3.05) is 32.7 Å². The molecule has 0 saturated carbocycles. The molecule has 0 aromatic rings. The van der Waals surface area contributed by atoms with Crippen LogP contribution in [0.3, 0.4) is 0 Å². The molecule has 0 spiro atoms. The molecule has 0 radical (unpaired) electrons. The van der Waals surface area contributed by atoms with Gasteiger partial charge in [-0.05, 0) is 51.6 Å². The van der Waals surface area contributed by atoms with E-state index in [0.717, 1.165) is 38.8 Å². The summed E-state index contributed by atoms with van der Waals surface area (Å²) in [6, 6.07) is 0.697. The fourth-order valence-electron chi connectivity index (χ4n) is 3.82. The smallest absolute Gasteiger partial charge is 0.251 e. The Morgan fingerprint density at radius 1 is 1.05 bits per heavy atom. The summed E-state index contributed by atoms with van der Waals surface area (Å²) in [5.41, 5.74) is 5.61. The van der Waals surface area contributed by atoms with Crippen molar-refractivity contribution in [3.05, 3.63) is 0 Å². The molecule has 3 aliphatic rings. The molecule has 0 bridgehead atoms. The summed E-state index contributed by atoms with van der Waals surface area (Å²) in [7, 11) is 0. The zero-order chi connectivity index (χ0) is 13.9. The highest BCUT2D eigenvalue weighted by molar-refractivity contribution is 5.81. The third kappa shape index (κ3) is 3.00. The number of ether oxygens (including phenoxy) is 1. The zero-order valence-corrected chi connectivity index (χ0v) is 12.3. The monoisotopic (exact) mass is 281 g/mol. The van der Waals surface area contributed by atoms with Crippen LogP contribution >= 0.6 is 0 Å². The number of hydrogen-bond acceptors (Lipinski definition) is 4. The summed E-state index contributed by atoms with van der Waals surface area (Å²) in [4.78, 5) is 17.1. The Balaban J connectivity index is 1.46. The molecule has 3 saturated heterocycles. The fraction of sp³-hybridized carbons (Fsp3) is 0.933. The lowest BCUT2D eigenvalue weighted by Crippen LogP contribution is -2.48. The predicted octanol–water partition coefficient (Wildman–Crippen LogP) is 0.580. The highest BCUT2D eigenvalue weighted by Crippen LogP contribution is 2.25. The summed E-state index contributed by atoms with van der Waals surface area (Å²) < 4.78 is 5.73. The van der Waals surface area contributed by atoms with Gasteiger partial charge in [-0.1, -0.05) is 0 Å². The van der Waals surface area contributed by atoms with Crippen LogP contribution in [-0.4, -0.2) is 66.7 Å². The van der Waals surface area contributed by atoms with Crippen LogP contribution in [0.5, 0.6) is 0 Å². The van der Waals surface area contributed by atoms with Gasteiger partial charge >= 0.3 is 0 Å². The Bertz CT molecular complexity index is 336. The van der Waals surface area contributed by atoms with Crippen LogP contribution in [0.15, 0.2) is 0 Å². The fourth-order valence-corrected chi connectivity index (χ4v) is 3.82. The number of nitrogens with two attached hydrogens (primary N) is 1. The van der Waals surface area contributed by atoms with Gasteiger partial charge in [-0.2, -0.15) is 0 Å². The third-order valence-corrected chi connectivity index (χ3v) is 5.08. The second-order valence-corrected chi connectivity index (χ2v) is 6.36. The Hall–Kier alpha value is -0.650. The minimum atomic E-state index is -0.230. The highest BCUT2D eigenvalue weighted by Gasteiger charge is 2.35. The molecule has 5 nitrogen and oxygen atoms in total. The van der Waals surface area contributed by atoms with Crippen molar-refractivity contribution >= 4 is 5.91 Å². The van der Waals surface area contributed by atoms with E-state index < -0.39 is 0 Å². The highest BCUT2D eigenvalue weighted by atomic mass is 16.5. The van der Waals surface area contributed by atoms with E-state index in [9.17, 15) is 4.79 Å². The van der Waals surface area contributed by atoms with E-state index in [1.807, 2.05) is 4.90 Å². The van der Waals surface area contributed by atoms with Crippen LogP contribution in [0.25, 0.3) is 0 Å². The summed E-state index contributed by atoms with van der Waals surface area (Å²) in [5, 5.41) is 0. The molecule has 3 rings (SSSR count). The van der Waals surface area contributed by atoms with Gasteiger partial charge in [0, 0.05) is 25.7 Å². The number of carbonyl (C=O) groups is 1. The average molecular weight is 281 g/mol. The minimum absolute atomic E-state index is 0.0890. The molecule has 0 unspecified atom stereocenters. The van der Waals surface area contributed by atoms with E-state index in [1.54, 1.807) is 0 Å². The standard InChI is InChI=1S/C15H27N3O2/c16-11-13-3-4-14(20-13)15(19)18-9-5-12(6-10-18)17-7-1-2-8-17/h12-14H,1-11,16H2/t13-,14+/m1/s1. The molecule has 0 aromatic carbocycles. The molecule has 3 fully saturated rings. The Kier molecular flexibility index (Phi) is 4.58. The number of carbonyl (C=O) groups excluding carboxylic acids is 1. The lowest BCUT2D eigenvalue weighted by atomic mass is 10.0. The number of piperidine rings is 1. The second-order valence-electron chi connectivity index (χ2n) is 6.36. The van der Waals surface area contributed by atoms with Gasteiger partial charge in [0.05, 0.1) is 6.10 Å². The number of rotatable bonds is 3. The number of nitrogens with zero attached hydrogens (tertiary/aromatic N) is 2. The molecule has 3 heterocycles. The summed E-state index contributed by atoms with van der Waals surface area (Å²) in [6.45, 7) is 4.83. The Labute approximate surface area is 121 Å². The molecule has 20 heavy (non-hydrogen) atoms. The van der Waals surface area contributed by atoms with Gasteiger partial charge in [-0.3, -0.25) is 4.79 Å². The van der Waals surface area contributed by atoms with Gasteiger partial charge in [0.1, 0.15) is 6.10 Å². The first-order valence-corrected chi connectivity index (χ1v) is 8.16. The molecule has 0 aromatic heterocycles. The molecule has 5 heteroatoms. The summed E-state index contributed by atoms with van der Waals surface area (Å²) >= 11 is 0. The normalized spacial score (nSPS) is 33.0. The lowest BCUT2D eigenvalue weighted by molar-refractivity contribution is -0.144. The topological polar surface area (TPSA) is 58.8 Å². The van der Waals surface area contributed by atoms with Crippen molar-refractivity contribution in [2.45, 2.75) is 56.8 Å². The van der Waals surface area contributed by atoms with Crippen LogP contribution in [-0.2, 0) is 9.53 Å². The van der Waals surface area contributed by atoms with Gasteiger partial charge in [0.25, 0.3) is 5.91 Å². The van der Waals surface area contributed by atoms with Crippen LogP contribution < -0.4 is 5.73 Å². The maximum Gasteiger partial charge on any atom is 0.251 e. The second kappa shape index (κ2) is 6.41. The molecular formula is C15H27N3O2. The maximum absolute atomic E-state index is 12.4. The van der Waals surface area contributed by atoms with Gasteiger partial charge in [0.2, 0.25) is 0 Å². The van der Waals surface area contributed by atoms with Gasteiger partial charge in [-0.15, -0.1) is 0 Å². The van der Waals surface area contributed by atoms with E-state index in [0.29, 0.717) is 12.6 Å². The predicted molar refractivity (Wildman–Crippen MR) is 77.4 cm³/mol. The van der Waals surface area contributed by atoms with Crippen molar-refractivity contribution in [1.82, 2.24) is 9.80 Å². The first-order chi connectivity index (χ1) is 9.78. The molecule has 1 amide bonds. The zero-order valence-electron chi connectivity index (χ0n) is 12.3. The summed E-state index contributed by atoms with van der Waals surface area (Å²) in [5.74, 6) is 0.195. The van der Waals surface area contributed by atoms with E-state index in [-0.39, 0.29) is 18.1 Å². The molecular weight excluding hydrogens is 254 g/mol. The maximum atomic E-state index is 12.4. The van der Waals surface area contributed by atoms with E-state index in [1.165, 1.54) is 25.9 Å². The van der Waals surface area contributed by atoms with Crippen molar-refractivity contribution in [3.63, 3.8) is 0 Å². The quantitative estimate of drug-likeness (QED) is 0.822. The number of hydrogen-bond donors (Lipinski definition) is 1. The van der Waals surface area contributed by atoms with Crippen molar-refractivity contribution in [1.29, 1.82) is 0 Å². The van der Waals surface area contributed by atoms with Crippen molar-refractivity contribution in [2.24, 2.45) is 5.73 Å². The molecule has 3 aliphatic heterocycles. The molecule has 2 atom stereocenters. The van der Waals surface area contributed by atoms with E-state index in [4.69, 9.17) is 10.5 Å². The molecule has 2 N–H and O–H groups in total. The molecule has 114 valence electrons. The first kappa shape index (κ1) is 14.3.